The molecule has 0 saturated carbocycles. The van der Waals surface area contributed by atoms with E-state index in [0.29, 0.717) is 29.2 Å². The zero-order valence-electron chi connectivity index (χ0n) is 14.1. The number of amides is 1. The minimum atomic E-state index is -0.426. The predicted molar refractivity (Wildman–Crippen MR) is 96.0 cm³/mol. The second-order valence-corrected chi connectivity index (χ2v) is 5.39. The highest BCUT2D eigenvalue weighted by molar-refractivity contribution is 6.04. The van der Waals surface area contributed by atoms with Crippen molar-refractivity contribution in [3.8, 4) is 0 Å². The first-order valence-corrected chi connectivity index (χ1v) is 7.88. The Bertz CT molecular complexity index is 872. The van der Waals surface area contributed by atoms with Gasteiger partial charge in [0.1, 0.15) is 11.6 Å². The number of rotatable bonds is 6. The number of benzene rings is 1. The first-order valence-electron chi connectivity index (χ1n) is 7.88. The van der Waals surface area contributed by atoms with E-state index < -0.39 is 5.97 Å². The summed E-state index contributed by atoms with van der Waals surface area (Å²) in [5.41, 5.74) is 1.41. The molecule has 0 radical (unpaired) electrons. The Hall–Kier alpha value is -3.61. The molecule has 1 aromatic carbocycles. The van der Waals surface area contributed by atoms with E-state index in [1.165, 1.54) is 13.3 Å². The molecule has 2 N–H and O–H groups in total. The quantitative estimate of drug-likeness (QED) is 0.662. The van der Waals surface area contributed by atoms with Crippen LogP contribution in [0.4, 0.5) is 11.5 Å². The van der Waals surface area contributed by atoms with Crippen molar-refractivity contribution < 1.29 is 18.7 Å². The van der Waals surface area contributed by atoms with E-state index in [1.54, 1.807) is 42.7 Å². The number of pyridine rings is 1. The second kappa shape index (κ2) is 7.98. The first-order chi connectivity index (χ1) is 12.7. The van der Waals surface area contributed by atoms with E-state index in [9.17, 15) is 9.59 Å². The van der Waals surface area contributed by atoms with E-state index in [4.69, 9.17) is 4.42 Å². The van der Waals surface area contributed by atoms with Crippen LogP contribution < -0.4 is 10.6 Å². The van der Waals surface area contributed by atoms with Crippen LogP contribution >= 0.6 is 0 Å². The molecule has 0 aliphatic carbocycles. The maximum absolute atomic E-state index is 12.3. The molecule has 0 aliphatic heterocycles. The average Bonchev–Trinajstić information content (AvgIpc) is 3.20. The lowest BCUT2D eigenvalue weighted by atomic mass is 10.2. The van der Waals surface area contributed by atoms with Crippen molar-refractivity contribution in [2.45, 2.75) is 6.54 Å². The smallest absolute Gasteiger partial charge is 0.337 e. The second-order valence-electron chi connectivity index (χ2n) is 5.39. The molecule has 3 rings (SSSR count). The molecular formula is C19H17N3O4. The van der Waals surface area contributed by atoms with E-state index in [2.05, 4.69) is 20.4 Å². The van der Waals surface area contributed by atoms with Gasteiger partial charge in [-0.15, -0.1) is 0 Å². The van der Waals surface area contributed by atoms with Crippen LogP contribution in [0.1, 0.15) is 26.5 Å². The van der Waals surface area contributed by atoms with Crippen molar-refractivity contribution in [1.29, 1.82) is 0 Å². The minimum absolute atomic E-state index is 0.291. The normalized spacial score (nSPS) is 10.2. The average molecular weight is 351 g/mol. The third kappa shape index (κ3) is 4.27. The van der Waals surface area contributed by atoms with Gasteiger partial charge in [-0.1, -0.05) is 0 Å². The van der Waals surface area contributed by atoms with Crippen LogP contribution in [0.15, 0.2) is 65.4 Å². The van der Waals surface area contributed by atoms with Crippen LogP contribution in [0.25, 0.3) is 0 Å². The number of esters is 1. The van der Waals surface area contributed by atoms with Gasteiger partial charge in [0.15, 0.2) is 0 Å². The summed E-state index contributed by atoms with van der Waals surface area (Å²) in [5, 5.41) is 5.85. The van der Waals surface area contributed by atoms with E-state index >= 15 is 0 Å². The molecule has 132 valence electrons. The third-order valence-corrected chi connectivity index (χ3v) is 3.61. The SMILES string of the molecule is COC(=O)c1ccc(NC(=O)c2ccc(NCc3ccco3)nc2)cc1. The van der Waals surface area contributed by atoms with Gasteiger partial charge in [0, 0.05) is 11.9 Å². The number of nitrogens with zero attached hydrogens (tertiary/aromatic N) is 1. The Kier molecular flexibility index (Phi) is 5.28. The molecule has 0 bridgehead atoms. The Morgan fingerprint density at radius 2 is 1.85 bits per heavy atom. The van der Waals surface area contributed by atoms with Crippen LogP contribution in [-0.4, -0.2) is 24.0 Å². The monoisotopic (exact) mass is 351 g/mol. The summed E-state index contributed by atoms with van der Waals surface area (Å²) in [6.45, 7) is 0.512. The lowest BCUT2D eigenvalue weighted by Gasteiger charge is -2.07. The highest BCUT2D eigenvalue weighted by Gasteiger charge is 2.09. The van der Waals surface area contributed by atoms with Gasteiger partial charge >= 0.3 is 5.97 Å². The lowest BCUT2D eigenvalue weighted by Crippen LogP contribution is -2.12. The van der Waals surface area contributed by atoms with Crippen LogP contribution in [0.2, 0.25) is 0 Å². The molecule has 7 heteroatoms. The molecule has 2 aromatic heterocycles. The van der Waals surface area contributed by atoms with Gasteiger partial charge < -0.3 is 19.8 Å². The van der Waals surface area contributed by atoms with Gasteiger partial charge in [-0.25, -0.2) is 9.78 Å². The predicted octanol–water partition coefficient (Wildman–Crippen LogP) is 3.33. The summed E-state index contributed by atoms with van der Waals surface area (Å²) in [4.78, 5) is 27.9. The van der Waals surface area contributed by atoms with Crippen LogP contribution in [0, 0.1) is 0 Å². The van der Waals surface area contributed by atoms with E-state index in [-0.39, 0.29) is 5.91 Å². The van der Waals surface area contributed by atoms with E-state index in [1.807, 2.05) is 12.1 Å². The van der Waals surface area contributed by atoms with Crippen molar-refractivity contribution in [3.63, 3.8) is 0 Å². The number of furan rings is 1. The maximum Gasteiger partial charge on any atom is 0.337 e. The number of ether oxygens (including phenoxy) is 1. The topological polar surface area (TPSA) is 93.5 Å². The molecule has 0 spiro atoms. The fourth-order valence-electron chi connectivity index (χ4n) is 2.23. The zero-order chi connectivity index (χ0) is 18.4. The minimum Gasteiger partial charge on any atom is -0.467 e. The summed E-state index contributed by atoms with van der Waals surface area (Å²) >= 11 is 0. The number of carbonyl (C=O) groups excluding carboxylic acids is 2. The Morgan fingerprint density at radius 1 is 1.08 bits per heavy atom. The van der Waals surface area contributed by atoms with Crippen molar-refractivity contribution in [2.75, 3.05) is 17.7 Å². The zero-order valence-corrected chi connectivity index (χ0v) is 14.1. The number of aromatic nitrogens is 1. The Morgan fingerprint density at radius 3 is 2.46 bits per heavy atom. The Balaban J connectivity index is 1.58. The van der Waals surface area contributed by atoms with Crippen molar-refractivity contribution in [1.82, 2.24) is 4.98 Å². The fourth-order valence-corrected chi connectivity index (χ4v) is 2.23. The van der Waals surface area contributed by atoms with Gasteiger partial charge in [0.2, 0.25) is 0 Å². The molecule has 3 aromatic rings. The number of hydrogen-bond donors (Lipinski definition) is 2. The van der Waals surface area contributed by atoms with E-state index in [0.717, 1.165) is 5.76 Å². The maximum atomic E-state index is 12.3. The highest BCUT2D eigenvalue weighted by atomic mass is 16.5. The van der Waals surface area contributed by atoms with Crippen molar-refractivity contribution in [3.05, 3.63) is 77.9 Å². The largest absolute Gasteiger partial charge is 0.467 e. The highest BCUT2D eigenvalue weighted by Crippen LogP contribution is 2.13. The number of nitrogens with one attached hydrogen (secondary N) is 2. The molecule has 0 atom stereocenters. The molecule has 26 heavy (non-hydrogen) atoms. The summed E-state index contributed by atoms with van der Waals surface area (Å²) in [6, 6.07) is 13.5. The van der Waals surface area contributed by atoms with Crippen LogP contribution in [0.5, 0.6) is 0 Å². The summed E-state index contributed by atoms with van der Waals surface area (Å²) in [5.74, 6) is 0.718. The third-order valence-electron chi connectivity index (χ3n) is 3.61. The molecule has 0 fully saturated rings. The molecule has 2 heterocycles. The number of carbonyl (C=O) groups is 2. The van der Waals surface area contributed by atoms with Gasteiger partial charge in [-0.3, -0.25) is 4.79 Å². The molecule has 7 nitrogen and oxygen atoms in total. The summed E-state index contributed by atoms with van der Waals surface area (Å²) in [7, 11) is 1.32. The van der Waals surface area contributed by atoms with Crippen LogP contribution in [-0.2, 0) is 11.3 Å². The molecule has 0 aliphatic rings. The molecular weight excluding hydrogens is 334 g/mol. The van der Waals surface area contributed by atoms with Gasteiger partial charge in [0.25, 0.3) is 5.91 Å². The standard InChI is InChI=1S/C19H17N3O4/c1-25-19(24)13-4-7-15(8-5-13)22-18(23)14-6-9-17(20-11-14)21-12-16-3-2-10-26-16/h2-11H,12H2,1H3,(H,20,21)(H,22,23). The van der Waals surface area contributed by atoms with Gasteiger partial charge in [-0.2, -0.15) is 0 Å². The molecule has 0 unspecified atom stereocenters. The lowest BCUT2D eigenvalue weighted by molar-refractivity contribution is 0.0600. The van der Waals surface area contributed by atoms with Crippen LogP contribution in [0.3, 0.4) is 0 Å². The van der Waals surface area contributed by atoms with Crippen molar-refractivity contribution in [2.24, 2.45) is 0 Å². The molecule has 0 saturated heterocycles. The number of hydrogen-bond acceptors (Lipinski definition) is 6. The summed E-state index contributed by atoms with van der Waals surface area (Å²) in [6.07, 6.45) is 3.10. The first kappa shape index (κ1) is 17.2. The summed E-state index contributed by atoms with van der Waals surface area (Å²) < 4.78 is 9.87. The molecule has 1 amide bonds. The van der Waals surface area contributed by atoms with Gasteiger partial charge in [0.05, 0.1) is 31.0 Å². The van der Waals surface area contributed by atoms with Gasteiger partial charge in [-0.05, 0) is 48.5 Å². The Labute approximate surface area is 150 Å². The number of anilines is 2. The number of methoxy groups -OCH3 is 1. The fraction of sp³-hybridized carbons (Fsp3) is 0.105. The van der Waals surface area contributed by atoms with Crippen molar-refractivity contribution >= 4 is 23.4 Å².